The number of nitrogens with zero attached hydrogens (tertiary/aromatic N) is 4. The summed E-state index contributed by atoms with van der Waals surface area (Å²) >= 11 is 0. The zero-order chi connectivity index (χ0) is 13.4. The Kier molecular flexibility index (Phi) is 3.09. The Balaban J connectivity index is 1.90. The molecule has 1 fully saturated rings. The number of nitriles is 1. The summed E-state index contributed by atoms with van der Waals surface area (Å²) in [6.07, 6.45) is 5.18. The molecule has 1 saturated carbocycles. The van der Waals surface area contributed by atoms with Crippen molar-refractivity contribution >= 4 is 5.78 Å². The number of aromatic nitrogens is 3. The molecular formula is C14H18N4O. The van der Waals surface area contributed by atoms with E-state index in [0.29, 0.717) is 11.7 Å². The summed E-state index contributed by atoms with van der Waals surface area (Å²) in [5.74, 6) is 1.30. The first-order valence-corrected chi connectivity index (χ1v) is 7.07. The van der Waals surface area contributed by atoms with E-state index in [-0.39, 0.29) is 11.7 Å². The van der Waals surface area contributed by atoms with Crippen LogP contribution in [0.3, 0.4) is 0 Å². The molecule has 0 saturated heterocycles. The van der Waals surface area contributed by atoms with Gasteiger partial charge in [-0.2, -0.15) is 5.26 Å². The number of rotatable bonds is 3. The van der Waals surface area contributed by atoms with Crippen LogP contribution in [0.2, 0.25) is 0 Å². The third kappa shape index (κ3) is 2.16. The molecule has 2 heterocycles. The monoisotopic (exact) mass is 258 g/mol. The third-order valence-electron chi connectivity index (χ3n) is 4.28. The van der Waals surface area contributed by atoms with Crippen molar-refractivity contribution in [3.63, 3.8) is 0 Å². The average molecular weight is 258 g/mol. The van der Waals surface area contributed by atoms with Crippen molar-refractivity contribution in [2.75, 3.05) is 0 Å². The van der Waals surface area contributed by atoms with E-state index in [0.717, 1.165) is 38.1 Å². The molecule has 5 nitrogen and oxygen atoms in total. The van der Waals surface area contributed by atoms with Gasteiger partial charge in [0.15, 0.2) is 17.5 Å². The highest BCUT2D eigenvalue weighted by Gasteiger charge is 2.44. The fourth-order valence-electron chi connectivity index (χ4n) is 2.90. The molecule has 2 aliphatic rings. The Bertz CT molecular complexity index is 542. The second kappa shape index (κ2) is 4.76. The molecule has 0 bridgehead atoms. The number of carbonyl (C=O) groups excluding carboxylic acids is 1. The van der Waals surface area contributed by atoms with Crippen LogP contribution in [0.5, 0.6) is 0 Å². The summed E-state index contributed by atoms with van der Waals surface area (Å²) in [7, 11) is 0. The van der Waals surface area contributed by atoms with Gasteiger partial charge in [0.25, 0.3) is 0 Å². The molecular weight excluding hydrogens is 240 g/mol. The summed E-state index contributed by atoms with van der Waals surface area (Å²) in [5.41, 5.74) is 0. The molecule has 3 rings (SSSR count). The minimum absolute atomic E-state index is 0.0365. The van der Waals surface area contributed by atoms with Crippen LogP contribution in [0.1, 0.15) is 50.2 Å². The van der Waals surface area contributed by atoms with E-state index >= 15 is 0 Å². The lowest BCUT2D eigenvalue weighted by molar-refractivity contribution is -0.121. The van der Waals surface area contributed by atoms with Gasteiger partial charge in [-0.1, -0.05) is 13.3 Å². The molecule has 3 atom stereocenters. The molecule has 1 aromatic rings. The summed E-state index contributed by atoms with van der Waals surface area (Å²) in [4.78, 5) is 12.3. The van der Waals surface area contributed by atoms with Gasteiger partial charge in [-0.3, -0.25) is 4.79 Å². The molecule has 19 heavy (non-hydrogen) atoms. The zero-order valence-corrected chi connectivity index (χ0v) is 11.2. The Labute approximate surface area is 112 Å². The Morgan fingerprint density at radius 1 is 1.42 bits per heavy atom. The van der Waals surface area contributed by atoms with E-state index in [1.165, 1.54) is 6.42 Å². The van der Waals surface area contributed by atoms with Crippen molar-refractivity contribution < 1.29 is 4.79 Å². The van der Waals surface area contributed by atoms with E-state index in [2.05, 4.69) is 23.2 Å². The molecule has 0 N–H and O–H groups in total. The largest absolute Gasteiger partial charge is 0.313 e. The quantitative estimate of drug-likeness (QED) is 0.829. The van der Waals surface area contributed by atoms with E-state index in [1.54, 1.807) is 0 Å². The fraction of sp³-hybridized carbons (Fsp3) is 0.714. The van der Waals surface area contributed by atoms with E-state index < -0.39 is 5.92 Å². The van der Waals surface area contributed by atoms with Gasteiger partial charge in [0.2, 0.25) is 0 Å². The molecule has 0 radical (unpaired) electrons. The number of hydrogen-bond acceptors (Lipinski definition) is 4. The highest BCUT2D eigenvalue weighted by atomic mass is 16.1. The van der Waals surface area contributed by atoms with Crippen molar-refractivity contribution in [1.29, 1.82) is 5.26 Å². The first-order chi connectivity index (χ1) is 9.22. The lowest BCUT2D eigenvalue weighted by Gasteiger charge is -2.10. The Morgan fingerprint density at radius 2 is 2.21 bits per heavy atom. The van der Waals surface area contributed by atoms with Gasteiger partial charge < -0.3 is 4.57 Å². The molecule has 1 aliphatic heterocycles. The van der Waals surface area contributed by atoms with Crippen molar-refractivity contribution in [3.05, 3.63) is 11.6 Å². The molecule has 1 aliphatic carbocycles. The van der Waals surface area contributed by atoms with Gasteiger partial charge in [0.05, 0.1) is 6.07 Å². The van der Waals surface area contributed by atoms with Gasteiger partial charge in [0.1, 0.15) is 5.82 Å². The summed E-state index contributed by atoms with van der Waals surface area (Å²) < 4.78 is 2.01. The van der Waals surface area contributed by atoms with Crippen LogP contribution in [0.15, 0.2) is 0 Å². The number of aryl methyl sites for hydroxylation is 1. The standard InChI is InChI=1S/C14H18N4O/c1-9-7-10(9)13(19)11(8-15)14-17-16-12-5-3-2-4-6-18(12)14/h9-11H,2-7H2,1H3/t9-,10-,11-/m1/s1. The fourth-order valence-corrected chi connectivity index (χ4v) is 2.90. The normalized spacial score (nSPS) is 26.9. The summed E-state index contributed by atoms with van der Waals surface area (Å²) in [6, 6.07) is 2.14. The van der Waals surface area contributed by atoms with Crippen LogP contribution in [0.25, 0.3) is 0 Å². The molecule has 0 unspecified atom stereocenters. The molecule has 5 heteroatoms. The first-order valence-electron chi connectivity index (χ1n) is 7.07. The summed E-state index contributed by atoms with van der Waals surface area (Å²) in [6.45, 7) is 2.89. The number of fused-ring (bicyclic) bond motifs is 1. The molecule has 100 valence electrons. The highest BCUT2D eigenvalue weighted by molar-refractivity contribution is 5.91. The lowest BCUT2D eigenvalue weighted by atomic mass is 10.00. The number of Topliss-reactive ketones (excluding diaryl/α,β-unsaturated/α-hetero) is 1. The predicted octanol–water partition coefficient (Wildman–Crippen LogP) is 1.84. The Morgan fingerprint density at radius 3 is 2.89 bits per heavy atom. The Hall–Kier alpha value is -1.70. The predicted molar refractivity (Wildman–Crippen MR) is 68.2 cm³/mol. The van der Waals surface area contributed by atoms with Crippen LogP contribution in [0.4, 0.5) is 0 Å². The first kappa shape index (κ1) is 12.3. The van der Waals surface area contributed by atoms with Crippen LogP contribution in [-0.2, 0) is 17.8 Å². The van der Waals surface area contributed by atoms with Crippen LogP contribution in [-0.4, -0.2) is 20.5 Å². The van der Waals surface area contributed by atoms with Crippen LogP contribution < -0.4 is 0 Å². The smallest absolute Gasteiger partial charge is 0.165 e. The third-order valence-corrected chi connectivity index (χ3v) is 4.28. The van der Waals surface area contributed by atoms with Crippen molar-refractivity contribution in [2.45, 2.75) is 51.5 Å². The molecule has 0 amide bonds. The van der Waals surface area contributed by atoms with Crippen molar-refractivity contribution in [1.82, 2.24) is 14.8 Å². The topological polar surface area (TPSA) is 71.6 Å². The number of ketones is 1. The van der Waals surface area contributed by atoms with E-state index in [9.17, 15) is 10.1 Å². The molecule has 1 aromatic heterocycles. The highest BCUT2D eigenvalue weighted by Crippen LogP contribution is 2.41. The maximum absolute atomic E-state index is 12.3. The van der Waals surface area contributed by atoms with Crippen molar-refractivity contribution in [3.8, 4) is 6.07 Å². The molecule has 0 spiro atoms. The van der Waals surface area contributed by atoms with Gasteiger partial charge in [-0.05, 0) is 25.2 Å². The minimum Gasteiger partial charge on any atom is -0.313 e. The number of hydrogen-bond donors (Lipinski definition) is 0. The van der Waals surface area contributed by atoms with Gasteiger partial charge in [-0.25, -0.2) is 0 Å². The summed E-state index contributed by atoms with van der Waals surface area (Å²) in [5, 5.41) is 17.7. The lowest BCUT2D eigenvalue weighted by Crippen LogP contribution is -2.19. The number of carbonyl (C=O) groups is 1. The van der Waals surface area contributed by atoms with Gasteiger partial charge in [-0.15, -0.1) is 10.2 Å². The van der Waals surface area contributed by atoms with E-state index in [1.807, 2.05) is 4.57 Å². The van der Waals surface area contributed by atoms with Gasteiger partial charge in [0, 0.05) is 18.9 Å². The minimum atomic E-state index is -0.728. The second-order valence-corrected chi connectivity index (χ2v) is 5.72. The SMILES string of the molecule is C[C@@H]1C[C@H]1C(=O)[C@@H](C#N)c1nnc2n1CCCCC2. The molecule has 0 aromatic carbocycles. The second-order valence-electron chi connectivity index (χ2n) is 5.72. The van der Waals surface area contributed by atoms with Crippen LogP contribution in [0, 0.1) is 23.2 Å². The zero-order valence-electron chi connectivity index (χ0n) is 11.2. The van der Waals surface area contributed by atoms with Gasteiger partial charge >= 0.3 is 0 Å². The average Bonchev–Trinajstić information content (AvgIpc) is 3.09. The van der Waals surface area contributed by atoms with Crippen LogP contribution >= 0.6 is 0 Å². The van der Waals surface area contributed by atoms with E-state index in [4.69, 9.17) is 0 Å². The maximum Gasteiger partial charge on any atom is 0.165 e. The van der Waals surface area contributed by atoms with Crippen molar-refractivity contribution in [2.24, 2.45) is 11.8 Å². The maximum atomic E-state index is 12.3.